The summed E-state index contributed by atoms with van der Waals surface area (Å²) in [6, 6.07) is 0. The molecule has 2 aromatic carbocycles. The van der Waals surface area contributed by atoms with E-state index in [0.29, 0.717) is 9.80 Å². The Labute approximate surface area is 176 Å². The first-order valence-electron chi connectivity index (χ1n) is 7.67. The van der Waals surface area contributed by atoms with Crippen molar-refractivity contribution in [3.63, 3.8) is 0 Å². The molecular weight excluding hydrogens is 454 g/mol. The van der Waals surface area contributed by atoms with Crippen LogP contribution in [0.3, 0.4) is 0 Å². The number of imide groups is 2. The quantitative estimate of drug-likeness (QED) is 0.661. The van der Waals surface area contributed by atoms with E-state index in [1.165, 1.54) is 0 Å². The predicted molar refractivity (Wildman–Crippen MR) is 103 cm³/mol. The van der Waals surface area contributed by atoms with E-state index in [1.807, 2.05) is 0 Å². The Balaban J connectivity index is 2.35. The number of nitrogens with zero attached hydrogens (tertiary/aromatic N) is 2. The zero-order valence-electron chi connectivity index (χ0n) is 13.6. The maximum atomic E-state index is 12.8. The van der Waals surface area contributed by atoms with E-state index in [1.54, 1.807) is 0 Å². The summed E-state index contributed by atoms with van der Waals surface area (Å²) in [6.45, 7) is -0.911. The van der Waals surface area contributed by atoms with Crippen molar-refractivity contribution < 1.29 is 19.2 Å². The van der Waals surface area contributed by atoms with Gasteiger partial charge in [-0.15, -0.1) is 0 Å². The highest BCUT2D eigenvalue weighted by Gasteiger charge is 2.45. The van der Waals surface area contributed by atoms with Gasteiger partial charge in [0.05, 0.1) is 55.7 Å². The summed E-state index contributed by atoms with van der Waals surface area (Å²) < 4.78 is 0. The monoisotopic (exact) mass is 460 g/mol. The van der Waals surface area contributed by atoms with Crippen molar-refractivity contribution in [1.82, 2.24) is 9.80 Å². The fourth-order valence-electron chi connectivity index (χ4n) is 3.49. The van der Waals surface area contributed by atoms with Crippen molar-refractivity contribution in [1.29, 1.82) is 0 Å². The Bertz CT molecular complexity index is 1010. The van der Waals surface area contributed by atoms with Gasteiger partial charge < -0.3 is 11.5 Å². The molecule has 8 nitrogen and oxygen atoms in total. The average molecular weight is 462 g/mol. The molecule has 0 aromatic heterocycles. The van der Waals surface area contributed by atoms with Crippen LogP contribution >= 0.6 is 46.4 Å². The van der Waals surface area contributed by atoms with Gasteiger partial charge >= 0.3 is 0 Å². The summed E-state index contributed by atoms with van der Waals surface area (Å²) in [5.74, 6) is -3.32. The van der Waals surface area contributed by atoms with E-state index in [9.17, 15) is 19.2 Å². The third-order valence-corrected chi connectivity index (χ3v) is 6.42. The van der Waals surface area contributed by atoms with Gasteiger partial charge in [0.25, 0.3) is 23.6 Å². The average Bonchev–Trinajstić information content (AvgIpc) is 2.64. The number of carbonyl (C=O) groups excluding carboxylic acids is 4. The molecule has 4 N–H and O–H groups in total. The first-order chi connectivity index (χ1) is 13.2. The van der Waals surface area contributed by atoms with Crippen molar-refractivity contribution in [3.05, 3.63) is 42.3 Å². The van der Waals surface area contributed by atoms with Crippen LogP contribution < -0.4 is 11.5 Å². The molecule has 0 spiro atoms. The van der Waals surface area contributed by atoms with Gasteiger partial charge in [0.1, 0.15) is 0 Å². The first kappa shape index (κ1) is 19.4. The van der Waals surface area contributed by atoms with E-state index >= 15 is 0 Å². The van der Waals surface area contributed by atoms with Crippen LogP contribution in [0.4, 0.5) is 0 Å². The lowest BCUT2D eigenvalue weighted by atomic mass is 9.85. The molecule has 0 saturated heterocycles. The van der Waals surface area contributed by atoms with Crippen molar-refractivity contribution >= 4 is 80.8 Å². The number of amides is 4. The highest BCUT2D eigenvalue weighted by Crippen LogP contribution is 2.49. The summed E-state index contributed by atoms with van der Waals surface area (Å²) >= 11 is 25.2. The van der Waals surface area contributed by atoms with Gasteiger partial charge in [-0.25, -0.2) is 0 Å². The number of hydrogen-bond acceptors (Lipinski definition) is 6. The molecule has 0 fully saturated rings. The molecule has 0 saturated carbocycles. The van der Waals surface area contributed by atoms with E-state index in [2.05, 4.69) is 0 Å². The largest absolute Gasteiger partial charge is 0.313 e. The normalized spacial score (nSPS) is 15.9. The van der Waals surface area contributed by atoms with Gasteiger partial charge in [-0.1, -0.05) is 46.4 Å². The zero-order valence-corrected chi connectivity index (χ0v) is 16.6. The van der Waals surface area contributed by atoms with Crippen molar-refractivity contribution in [2.24, 2.45) is 11.5 Å². The fourth-order valence-corrected chi connectivity index (χ4v) is 4.57. The van der Waals surface area contributed by atoms with E-state index in [-0.39, 0.29) is 53.1 Å². The first-order valence-corrected chi connectivity index (χ1v) is 9.18. The smallest absolute Gasteiger partial charge is 0.264 e. The van der Waals surface area contributed by atoms with Crippen molar-refractivity contribution in [3.8, 4) is 0 Å². The number of benzene rings is 2. The van der Waals surface area contributed by atoms with Crippen LogP contribution in [0.5, 0.6) is 0 Å². The van der Waals surface area contributed by atoms with E-state index in [0.717, 1.165) is 0 Å². The molecule has 2 heterocycles. The molecule has 4 rings (SSSR count). The summed E-state index contributed by atoms with van der Waals surface area (Å²) in [5.41, 5.74) is 10.3. The van der Waals surface area contributed by atoms with Crippen LogP contribution in [0.1, 0.15) is 41.4 Å². The van der Waals surface area contributed by atoms with Gasteiger partial charge in [0, 0.05) is 10.8 Å². The topological polar surface area (TPSA) is 127 Å². The molecule has 12 heteroatoms. The standard InChI is InChI=1S/C16H8Cl4N4O4/c17-9-5-3-4-7(11(9)19)15(27)24(2-22)16(28)8(4)12(20)10(18)6(3)14(26)23(1-21)13(5)25/h1-2,21-22H2. The molecule has 0 radical (unpaired) electrons. The lowest BCUT2D eigenvalue weighted by molar-refractivity contribution is 0.0593. The van der Waals surface area contributed by atoms with Crippen LogP contribution in [0.15, 0.2) is 0 Å². The second-order valence-corrected chi connectivity index (χ2v) is 7.46. The van der Waals surface area contributed by atoms with Gasteiger partial charge in [0.2, 0.25) is 0 Å². The second-order valence-electron chi connectivity index (χ2n) is 5.95. The Morgan fingerprint density at radius 2 is 0.750 bits per heavy atom. The highest BCUT2D eigenvalue weighted by atomic mass is 35.5. The number of carbonyl (C=O) groups is 4. The highest BCUT2D eigenvalue weighted by molar-refractivity contribution is 6.54. The fraction of sp³-hybridized carbons (Fsp3) is 0.125. The molecule has 0 atom stereocenters. The van der Waals surface area contributed by atoms with Gasteiger partial charge in [-0.05, 0) is 0 Å². The Morgan fingerprint density at radius 1 is 0.536 bits per heavy atom. The lowest BCUT2D eigenvalue weighted by Gasteiger charge is -2.33. The Hall–Kier alpha value is -1.94. The maximum absolute atomic E-state index is 12.8. The van der Waals surface area contributed by atoms with Crippen LogP contribution in [0, 0.1) is 0 Å². The number of halogens is 4. The molecule has 2 aromatic rings. The van der Waals surface area contributed by atoms with E-state index < -0.39 is 37.0 Å². The molecular formula is C16H8Cl4N4O4. The minimum absolute atomic E-state index is 0.0631. The Morgan fingerprint density at radius 3 is 0.929 bits per heavy atom. The van der Waals surface area contributed by atoms with Crippen LogP contribution in [-0.2, 0) is 0 Å². The van der Waals surface area contributed by atoms with Crippen molar-refractivity contribution in [2.45, 2.75) is 0 Å². The summed E-state index contributed by atoms with van der Waals surface area (Å²) in [4.78, 5) is 52.8. The summed E-state index contributed by atoms with van der Waals surface area (Å²) in [6.07, 6.45) is 0. The minimum atomic E-state index is -0.830. The van der Waals surface area contributed by atoms with Gasteiger partial charge in [-0.3, -0.25) is 29.0 Å². The molecule has 0 bridgehead atoms. The molecule has 28 heavy (non-hydrogen) atoms. The maximum Gasteiger partial charge on any atom is 0.264 e. The molecule has 4 amide bonds. The van der Waals surface area contributed by atoms with Crippen molar-refractivity contribution in [2.75, 3.05) is 13.3 Å². The Kier molecular flexibility index (Phi) is 4.35. The minimum Gasteiger partial charge on any atom is -0.313 e. The van der Waals surface area contributed by atoms with Gasteiger partial charge in [-0.2, -0.15) is 0 Å². The molecule has 0 aliphatic carbocycles. The molecule has 0 unspecified atom stereocenters. The molecule has 2 aliphatic heterocycles. The number of nitrogens with two attached hydrogens (primary N) is 2. The van der Waals surface area contributed by atoms with Crippen LogP contribution in [0.2, 0.25) is 20.1 Å². The summed E-state index contributed by atoms with van der Waals surface area (Å²) in [5, 5.41) is -1.22. The number of hydrogen-bond donors (Lipinski definition) is 2. The zero-order chi connectivity index (χ0) is 20.7. The second kappa shape index (κ2) is 6.28. The SMILES string of the molecule is NCN1C(=O)c2c(Cl)c(Cl)c3c4c(c(Cl)c(Cl)c(c24)C1=O)C(=O)N(CN)C3=O. The third-order valence-electron chi connectivity index (χ3n) is 4.71. The molecule has 144 valence electrons. The van der Waals surface area contributed by atoms with Gasteiger partial charge in [0.15, 0.2) is 0 Å². The van der Waals surface area contributed by atoms with Crippen LogP contribution in [-0.4, -0.2) is 46.8 Å². The lowest BCUT2D eigenvalue weighted by Crippen LogP contribution is -2.46. The van der Waals surface area contributed by atoms with E-state index in [4.69, 9.17) is 57.9 Å². The van der Waals surface area contributed by atoms with Crippen LogP contribution in [0.25, 0.3) is 10.8 Å². The number of rotatable bonds is 2. The molecule has 2 aliphatic rings. The summed E-state index contributed by atoms with van der Waals surface area (Å²) in [7, 11) is 0. The predicted octanol–water partition coefficient (Wildman–Crippen LogP) is 2.48. The third kappa shape index (κ3) is 2.10.